The minimum atomic E-state index is 0.237. The predicted molar refractivity (Wildman–Crippen MR) is 203 cm³/mol. The number of benzene rings is 6. The maximum Gasteiger partial charge on any atom is 0.119 e. The maximum atomic E-state index is 5.84. The van der Waals surface area contributed by atoms with Crippen LogP contribution in [0.25, 0.3) is 33.4 Å². The van der Waals surface area contributed by atoms with Crippen molar-refractivity contribution in [3.8, 4) is 50.6 Å². The average Bonchev–Trinajstić information content (AvgIpc) is 4.05. The molecule has 0 aromatic heterocycles. The van der Waals surface area contributed by atoms with Gasteiger partial charge in [0.2, 0.25) is 0 Å². The molecule has 6 aromatic carbocycles. The molecule has 0 N–H and O–H groups in total. The van der Waals surface area contributed by atoms with Crippen LogP contribution in [0.2, 0.25) is 0 Å². The van der Waals surface area contributed by atoms with Crippen molar-refractivity contribution in [2.75, 3.05) is 44.5 Å². The molecule has 3 saturated heterocycles. The summed E-state index contributed by atoms with van der Waals surface area (Å²) in [6.07, 6.45) is 0.711. The molecule has 9 rings (SSSR count). The van der Waals surface area contributed by atoms with Crippen molar-refractivity contribution < 1.29 is 28.4 Å². The zero-order chi connectivity index (χ0) is 34.7. The van der Waals surface area contributed by atoms with Crippen molar-refractivity contribution in [3.63, 3.8) is 0 Å². The predicted octanol–water partition coefficient (Wildman–Crippen LogP) is 9.49. The van der Waals surface area contributed by atoms with E-state index in [1.165, 1.54) is 0 Å². The monoisotopic (exact) mass is 689 g/mol. The zero-order valence-corrected chi connectivity index (χ0v) is 28.7. The summed E-state index contributed by atoms with van der Waals surface area (Å²) in [5.41, 5.74) is 10.0. The van der Waals surface area contributed by atoms with Gasteiger partial charge in [-0.25, -0.2) is 0 Å². The molecule has 0 bridgehead atoms. The Bertz CT molecular complexity index is 1820. The summed E-state index contributed by atoms with van der Waals surface area (Å²) < 4.78 is 33.3. The normalized spacial score (nSPS) is 18.3. The van der Waals surface area contributed by atoms with Crippen LogP contribution in [-0.2, 0) is 14.2 Å². The molecular formula is C45H39NO6. The third kappa shape index (κ3) is 7.98. The summed E-state index contributed by atoms with van der Waals surface area (Å²) in [6.45, 7) is 4.16. The zero-order valence-electron chi connectivity index (χ0n) is 28.7. The Morgan fingerprint density at radius 2 is 0.558 bits per heavy atom. The van der Waals surface area contributed by atoms with Crippen LogP contribution in [0.15, 0.2) is 146 Å². The summed E-state index contributed by atoms with van der Waals surface area (Å²) >= 11 is 0. The van der Waals surface area contributed by atoms with Gasteiger partial charge in [0.05, 0.1) is 19.8 Å². The van der Waals surface area contributed by atoms with Crippen molar-refractivity contribution in [2.24, 2.45) is 0 Å². The van der Waals surface area contributed by atoms with Crippen LogP contribution < -0.4 is 19.1 Å². The molecule has 3 aliphatic rings. The van der Waals surface area contributed by atoms with Crippen molar-refractivity contribution >= 4 is 17.1 Å². The van der Waals surface area contributed by atoms with Gasteiger partial charge in [-0.3, -0.25) is 0 Å². The second kappa shape index (κ2) is 14.6. The van der Waals surface area contributed by atoms with Gasteiger partial charge in [0.1, 0.15) is 55.4 Å². The molecule has 7 heteroatoms. The molecular weight excluding hydrogens is 650 g/mol. The molecule has 0 radical (unpaired) electrons. The van der Waals surface area contributed by atoms with E-state index in [2.05, 4.69) is 114 Å². The molecule has 6 aromatic rings. The molecule has 0 saturated carbocycles. The molecule has 7 nitrogen and oxygen atoms in total. The van der Waals surface area contributed by atoms with E-state index in [0.29, 0.717) is 19.8 Å². The number of hydrogen-bond donors (Lipinski definition) is 0. The molecule has 3 unspecified atom stereocenters. The lowest BCUT2D eigenvalue weighted by Crippen LogP contribution is -2.09. The molecule has 3 aliphatic heterocycles. The molecule has 3 atom stereocenters. The summed E-state index contributed by atoms with van der Waals surface area (Å²) in [5, 5.41) is 0. The Morgan fingerprint density at radius 3 is 0.769 bits per heavy atom. The molecule has 0 amide bonds. The van der Waals surface area contributed by atoms with E-state index >= 15 is 0 Å². The first-order valence-corrected chi connectivity index (χ1v) is 17.9. The smallest absolute Gasteiger partial charge is 0.119 e. The number of ether oxygens (including phenoxy) is 6. The van der Waals surface area contributed by atoms with Gasteiger partial charge in [-0.1, -0.05) is 72.8 Å². The van der Waals surface area contributed by atoms with Gasteiger partial charge in [0.15, 0.2) is 0 Å². The fourth-order valence-corrected chi connectivity index (χ4v) is 6.15. The SMILES string of the molecule is c1cc(-c2ccc(N(c3ccc(-c4ccc(OCC5CO5)cc4)cc3)c3ccc(-c4ccc(OCC5CO5)cc4)cc3)cc2)ccc1OCC1CO1. The van der Waals surface area contributed by atoms with Gasteiger partial charge in [-0.15, -0.1) is 0 Å². The first-order valence-electron chi connectivity index (χ1n) is 17.9. The number of anilines is 3. The third-order valence-electron chi connectivity index (χ3n) is 9.45. The Balaban J connectivity index is 0.961. The summed E-state index contributed by atoms with van der Waals surface area (Å²) in [4.78, 5) is 2.29. The van der Waals surface area contributed by atoms with Gasteiger partial charge in [0.25, 0.3) is 0 Å². The van der Waals surface area contributed by atoms with E-state index < -0.39 is 0 Å². The van der Waals surface area contributed by atoms with Crippen LogP contribution in [0.3, 0.4) is 0 Å². The Morgan fingerprint density at radius 1 is 0.346 bits per heavy atom. The fraction of sp³-hybridized carbons (Fsp3) is 0.200. The van der Waals surface area contributed by atoms with Crippen molar-refractivity contribution in [1.82, 2.24) is 0 Å². The molecule has 3 heterocycles. The lowest BCUT2D eigenvalue weighted by atomic mass is 10.0. The van der Waals surface area contributed by atoms with Gasteiger partial charge in [0, 0.05) is 17.1 Å². The molecule has 260 valence electrons. The van der Waals surface area contributed by atoms with Crippen molar-refractivity contribution in [2.45, 2.75) is 18.3 Å². The van der Waals surface area contributed by atoms with Crippen LogP contribution in [-0.4, -0.2) is 58.0 Å². The molecule has 3 fully saturated rings. The van der Waals surface area contributed by atoms with Crippen LogP contribution in [0, 0.1) is 0 Å². The Hall–Kier alpha value is -5.60. The van der Waals surface area contributed by atoms with E-state index in [0.717, 1.165) is 87.5 Å². The summed E-state index contributed by atoms with van der Waals surface area (Å²) in [7, 11) is 0. The average molecular weight is 690 g/mol. The number of rotatable bonds is 15. The van der Waals surface area contributed by atoms with Crippen molar-refractivity contribution in [1.29, 1.82) is 0 Å². The number of hydrogen-bond acceptors (Lipinski definition) is 7. The van der Waals surface area contributed by atoms with E-state index in [1.807, 2.05) is 36.4 Å². The van der Waals surface area contributed by atoms with E-state index in [-0.39, 0.29) is 18.3 Å². The van der Waals surface area contributed by atoms with Crippen LogP contribution in [0.4, 0.5) is 17.1 Å². The maximum absolute atomic E-state index is 5.84. The second-order valence-corrected chi connectivity index (χ2v) is 13.3. The van der Waals surface area contributed by atoms with E-state index in [9.17, 15) is 0 Å². The van der Waals surface area contributed by atoms with Gasteiger partial charge in [-0.05, 0) is 106 Å². The largest absolute Gasteiger partial charge is 0.491 e. The lowest BCUT2D eigenvalue weighted by Gasteiger charge is -2.26. The highest BCUT2D eigenvalue weighted by atomic mass is 16.6. The topological polar surface area (TPSA) is 68.5 Å². The highest BCUT2D eigenvalue weighted by Gasteiger charge is 2.24. The quantitative estimate of drug-likeness (QED) is 0.0996. The Labute approximate surface area is 303 Å². The van der Waals surface area contributed by atoms with E-state index in [1.54, 1.807) is 0 Å². The molecule has 52 heavy (non-hydrogen) atoms. The first kappa shape index (κ1) is 32.3. The minimum absolute atomic E-state index is 0.237. The van der Waals surface area contributed by atoms with Gasteiger partial charge >= 0.3 is 0 Å². The van der Waals surface area contributed by atoms with Gasteiger partial charge < -0.3 is 33.3 Å². The number of epoxide rings is 3. The standard InChI is InChI=1S/C45H39NO6/c1-13-37(14-2-31(1)34-7-19-40(20-8-34)47-25-43-28-50-43)46(38-15-3-32(4-16-38)35-9-21-41(22-10-35)48-26-44-29-51-44)39-17-5-33(6-18-39)36-11-23-42(24-12-36)49-27-45-30-52-45/h1-24,43-45H,25-30H2. The fourth-order valence-electron chi connectivity index (χ4n) is 6.15. The van der Waals surface area contributed by atoms with E-state index in [4.69, 9.17) is 28.4 Å². The molecule has 0 aliphatic carbocycles. The van der Waals surface area contributed by atoms with Crippen LogP contribution in [0.1, 0.15) is 0 Å². The van der Waals surface area contributed by atoms with Crippen LogP contribution >= 0.6 is 0 Å². The highest BCUT2D eigenvalue weighted by Crippen LogP contribution is 2.38. The summed E-state index contributed by atoms with van der Waals surface area (Å²) in [5.74, 6) is 2.57. The minimum Gasteiger partial charge on any atom is -0.491 e. The Kier molecular flexibility index (Phi) is 9.05. The lowest BCUT2D eigenvalue weighted by molar-refractivity contribution is 0.263. The first-order chi connectivity index (χ1) is 25.7. The highest BCUT2D eigenvalue weighted by molar-refractivity contribution is 5.81. The van der Waals surface area contributed by atoms with Gasteiger partial charge in [-0.2, -0.15) is 0 Å². The molecule has 0 spiro atoms. The summed E-state index contributed by atoms with van der Waals surface area (Å²) in [6, 6.07) is 50.9. The van der Waals surface area contributed by atoms with Crippen LogP contribution in [0.5, 0.6) is 17.2 Å². The third-order valence-corrected chi connectivity index (χ3v) is 9.45. The van der Waals surface area contributed by atoms with Crippen molar-refractivity contribution in [3.05, 3.63) is 146 Å². The number of nitrogens with zero attached hydrogens (tertiary/aromatic N) is 1. The second-order valence-electron chi connectivity index (χ2n) is 13.3.